The molecule has 0 aliphatic carbocycles. The lowest BCUT2D eigenvalue weighted by Crippen LogP contribution is -2.46. The summed E-state index contributed by atoms with van der Waals surface area (Å²) in [6.07, 6.45) is 2.66. The van der Waals surface area contributed by atoms with Crippen LogP contribution in [-0.4, -0.2) is 123 Å². The van der Waals surface area contributed by atoms with E-state index in [1.165, 1.54) is 46.0 Å². The molecule has 1 aliphatic heterocycles. The number of aromatic nitrogens is 4. The number of hydrogen-bond acceptors (Lipinski definition) is 18. The van der Waals surface area contributed by atoms with Crippen LogP contribution >= 0.6 is 35.2 Å². The van der Waals surface area contributed by atoms with Crippen molar-refractivity contribution in [3.05, 3.63) is 12.7 Å². The fraction of sp³-hybridized carbons (Fsp3) is 0.765. The van der Waals surface area contributed by atoms with Gasteiger partial charge in [0.15, 0.2) is 22.8 Å². The quantitative estimate of drug-likeness (QED) is 0.0418. The van der Waals surface area contributed by atoms with E-state index in [4.69, 9.17) is 19.5 Å². The molecule has 1 saturated heterocycles. The van der Waals surface area contributed by atoms with Gasteiger partial charge in [-0.25, -0.2) is 28.6 Å². The smallest absolute Gasteiger partial charge is 0.386 e. The molecule has 2 aromatic rings. The maximum Gasteiger partial charge on any atom is 0.481 e. The van der Waals surface area contributed by atoms with Crippen molar-refractivity contribution in [3.8, 4) is 0 Å². The van der Waals surface area contributed by atoms with Gasteiger partial charge in [0.2, 0.25) is 11.8 Å². The molecule has 0 saturated carbocycles. The average Bonchev–Trinajstić information content (AvgIpc) is 3.74. The Hall–Kier alpha value is -2.44. The highest BCUT2D eigenvalue weighted by molar-refractivity contribution is 8.13. The molecule has 28 heteroatoms. The Morgan fingerprint density at radius 2 is 1.65 bits per heavy atom. The van der Waals surface area contributed by atoms with Crippen LogP contribution in [0.4, 0.5) is 5.82 Å². The Balaban J connectivity index is 1.38. The minimum Gasteiger partial charge on any atom is -0.386 e. The summed E-state index contributed by atoms with van der Waals surface area (Å²) in [6.45, 7) is 5.06. The van der Waals surface area contributed by atoms with Crippen molar-refractivity contribution < 1.29 is 80.5 Å². The van der Waals surface area contributed by atoms with E-state index in [1.807, 2.05) is 0 Å². The highest BCUT2D eigenvalue weighted by Crippen LogP contribution is 2.61. The molecule has 8 atom stereocenters. The molecule has 3 rings (SSSR count). The van der Waals surface area contributed by atoms with Gasteiger partial charge in [0, 0.05) is 37.1 Å². The summed E-state index contributed by atoms with van der Waals surface area (Å²) in [5.41, 5.74) is 4.28. The molecule has 354 valence electrons. The number of nitrogens with zero attached hydrogens (tertiary/aromatic N) is 4. The van der Waals surface area contributed by atoms with Gasteiger partial charge in [0.25, 0.3) is 0 Å². The largest absolute Gasteiger partial charge is 0.481 e. The maximum absolute atomic E-state index is 12.7. The summed E-state index contributed by atoms with van der Waals surface area (Å²) in [5.74, 6) is -0.265. The number of nitrogens with one attached hydrogen (secondary N) is 2. The number of carbonyl (C=O) groups excluding carboxylic acids is 3. The molecule has 1 fully saturated rings. The summed E-state index contributed by atoms with van der Waals surface area (Å²) >= 11 is 1.15. The Morgan fingerprint density at radius 1 is 0.968 bits per heavy atom. The molecular weight excluding hydrogens is 903 g/mol. The zero-order valence-electron chi connectivity index (χ0n) is 35.0. The summed E-state index contributed by atoms with van der Waals surface area (Å²) in [4.78, 5) is 88.1. The summed E-state index contributed by atoms with van der Waals surface area (Å²) in [6, 6.07) is 0. The zero-order valence-corrected chi connectivity index (χ0v) is 38.5. The number of anilines is 1. The zero-order chi connectivity index (χ0) is 46.3. The third-order valence-electron chi connectivity index (χ3n) is 9.62. The topological polar surface area (TPSA) is 364 Å². The maximum atomic E-state index is 12.7. The number of rotatable bonds is 29. The van der Waals surface area contributed by atoms with E-state index in [1.54, 1.807) is 0 Å². The molecule has 0 spiro atoms. The van der Waals surface area contributed by atoms with Crippen LogP contribution in [0.2, 0.25) is 0 Å². The summed E-state index contributed by atoms with van der Waals surface area (Å²) in [5, 5.41) is 26.6. The van der Waals surface area contributed by atoms with E-state index < -0.39 is 84.6 Å². The lowest BCUT2D eigenvalue weighted by Gasteiger charge is -2.30. The summed E-state index contributed by atoms with van der Waals surface area (Å²) < 4.78 is 62.3. The van der Waals surface area contributed by atoms with Crippen LogP contribution in [-0.2, 0) is 50.7 Å². The van der Waals surface area contributed by atoms with Gasteiger partial charge in [-0.1, -0.05) is 84.4 Å². The number of carbonyl (C=O) groups is 3. The Bertz CT molecular complexity index is 1920. The van der Waals surface area contributed by atoms with Gasteiger partial charge in [0.05, 0.1) is 19.5 Å². The second-order valence-corrected chi connectivity index (χ2v) is 20.9. The van der Waals surface area contributed by atoms with Crippen molar-refractivity contribution in [3.63, 3.8) is 0 Å². The average molecular weight is 964 g/mol. The van der Waals surface area contributed by atoms with Gasteiger partial charge in [0.1, 0.15) is 36.3 Å². The van der Waals surface area contributed by atoms with Crippen LogP contribution in [0, 0.1) is 11.3 Å². The standard InChI is InChI=1S/C34H60N7O17P3S/c1-5-11-22(2)12-9-7-6-8-10-13-25(43)62-17-16-36-24(42)14-15-37-32(46)29(45)34(3,4)19-55-61(52,53)58-60(50,51)54-18-23-28(57-59(47,48)49)27(44)33(56-23)41-21-40-26-30(35)38-20-39-31(26)41/h20-23,27-29,33,44-45H,5-19H2,1-4H3,(H,36,42)(H,37,46)(H,50,51)(H,52,53)(H2,35,38,39)(H2,47,48,49)/t22?,23-,27-,28-,29+,33-/m1/s1. The number of amides is 2. The number of thioether (sulfide) groups is 1. The van der Waals surface area contributed by atoms with E-state index in [9.17, 15) is 57.9 Å². The summed E-state index contributed by atoms with van der Waals surface area (Å²) in [7, 11) is -16.4. The molecule has 24 nitrogen and oxygen atoms in total. The fourth-order valence-corrected chi connectivity index (χ4v) is 9.85. The number of ether oxygens (including phenoxy) is 1. The number of aliphatic hydroxyl groups is 2. The second-order valence-electron chi connectivity index (χ2n) is 15.5. The van der Waals surface area contributed by atoms with E-state index in [-0.39, 0.29) is 41.6 Å². The predicted octanol–water partition coefficient (Wildman–Crippen LogP) is 2.83. The monoisotopic (exact) mass is 963 g/mol. The Morgan fingerprint density at radius 3 is 2.34 bits per heavy atom. The van der Waals surface area contributed by atoms with Crippen LogP contribution in [0.5, 0.6) is 0 Å². The van der Waals surface area contributed by atoms with Crippen molar-refractivity contribution in [2.24, 2.45) is 11.3 Å². The normalized spacial score (nSPS) is 21.3. The van der Waals surface area contributed by atoms with Crippen molar-refractivity contribution >= 4 is 69.1 Å². The Kier molecular flexibility index (Phi) is 21.5. The second kappa shape index (κ2) is 24.7. The van der Waals surface area contributed by atoms with Crippen molar-refractivity contribution in [2.75, 3.05) is 37.8 Å². The molecular formula is C34H60N7O17P3S. The number of nitrogens with two attached hydrogens (primary N) is 1. The van der Waals surface area contributed by atoms with Crippen molar-refractivity contribution in [1.29, 1.82) is 0 Å². The number of fused-ring (bicyclic) bond motifs is 1. The predicted molar refractivity (Wildman–Crippen MR) is 223 cm³/mol. The minimum absolute atomic E-state index is 0.0331. The van der Waals surface area contributed by atoms with E-state index in [0.717, 1.165) is 54.2 Å². The van der Waals surface area contributed by atoms with Gasteiger partial charge < -0.3 is 50.9 Å². The molecule has 62 heavy (non-hydrogen) atoms. The van der Waals surface area contributed by atoms with Crippen LogP contribution in [0.3, 0.4) is 0 Å². The first-order chi connectivity index (χ1) is 28.9. The first-order valence-electron chi connectivity index (χ1n) is 20.0. The highest BCUT2D eigenvalue weighted by atomic mass is 32.2. The molecule has 3 heterocycles. The van der Waals surface area contributed by atoms with Gasteiger partial charge in [-0.3, -0.25) is 32.5 Å². The van der Waals surface area contributed by atoms with Crippen LogP contribution in [0.25, 0.3) is 11.2 Å². The lowest BCUT2D eigenvalue weighted by molar-refractivity contribution is -0.137. The number of phosphoric ester groups is 3. The first kappa shape index (κ1) is 53.9. The van der Waals surface area contributed by atoms with Crippen molar-refractivity contribution in [2.45, 2.75) is 123 Å². The minimum atomic E-state index is -5.57. The number of imidazole rings is 1. The molecule has 10 N–H and O–H groups in total. The van der Waals surface area contributed by atoms with E-state index in [0.29, 0.717) is 12.2 Å². The third kappa shape index (κ3) is 18.2. The Labute approximate surface area is 363 Å². The molecule has 0 aromatic carbocycles. The fourth-order valence-electron chi connectivity index (χ4n) is 6.30. The molecule has 0 radical (unpaired) electrons. The van der Waals surface area contributed by atoms with Gasteiger partial charge in [-0.2, -0.15) is 4.31 Å². The third-order valence-corrected chi connectivity index (χ3v) is 13.7. The molecule has 1 aliphatic rings. The van der Waals surface area contributed by atoms with Gasteiger partial charge in [-0.05, 0) is 12.3 Å². The SMILES string of the molecule is CCCC(C)CCCCCCCC(=O)SCCNC(=O)CCNC(=O)[C@H](O)C(C)(C)COP(=O)(O)OP(=O)(O)OC[C@H]1O[C@@H](n2cnc3c(N)ncnc32)[C@H](O)[C@@H]1OP(=O)(O)O. The molecule has 2 aromatic heterocycles. The van der Waals surface area contributed by atoms with Crippen LogP contribution < -0.4 is 16.4 Å². The van der Waals surface area contributed by atoms with Gasteiger partial charge >= 0.3 is 23.5 Å². The lowest BCUT2D eigenvalue weighted by atomic mass is 9.87. The van der Waals surface area contributed by atoms with Crippen molar-refractivity contribution in [1.82, 2.24) is 30.2 Å². The number of phosphoric acid groups is 3. The molecule has 3 unspecified atom stereocenters. The highest BCUT2D eigenvalue weighted by Gasteiger charge is 2.50. The number of hydrogen-bond donors (Lipinski definition) is 9. The van der Waals surface area contributed by atoms with Crippen LogP contribution in [0.15, 0.2) is 12.7 Å². The number of nitrogen functional groups attached to an aromatic ring is 1. The molecule has 2 amide bonds. The molecule has 0 bridgehead atoms. The number of aliphatic hydroxyl groups excluding tert-OH is 2. The number of unbranched alkanes of at least 4 members (excludes halogenated alkanes) is 4. The van der Waals surface area contributed by atoms with Crippen LogP contribution in [0.1, 0.15) is 98.1 Å². The van der Waals surface area contributed by atoms with E-state index >= 15 is 0 Å². The first-order valence-corrected chi connectivity index (χ1v) is 25.5. The van der Waals surface area contributed by atoms with E-state index in [2.05, 4.69) is 48.3 Å². The van der Waals surface area contributed by atoms with Gasteiger partial charge in [-0.15, -0.1) is 0 Å².